The molecule has 5 heteroatoms. The second-order valence-electron chi connectivity index (χ2n) is 5.84. The lowest BCUT2D eigenvalue weighted by Gasteiger charge is -2.23. The first-order chi connectivity index (χ1) is 11.2. The van der Waals surface area contributed by atoms with E-state index in [-0.39, 0.29) is 17.8 Å². The van der Waals surface area contributed by atoms with Crippen LogP contribution in [0.4, 0.5) is 4.39 Å². The summed E-state index contributed by atoms with van der Waals surface area (Å²) in [6.07, 6.45) is 4.33. The fourth-order valence-corrected chi connectivity index (χ4v) is 3.31. The average Bonchev–Trinajstić information content (AvgIpc) is 2.95. The Morgan fingerprint density at radius 3 is 3.04 bits per heavy atom. The van der Waals surface area contributed by atoms with Gasteiger partial charge in [-0.25, -0.2) is 4.39 Å². The quantitative estimate of drug-likeness (QED) is 0.761. The van der Waals surface area contributed by atoms with Gasteiger partial charge in [-0.1, -0.05) is 6.07 Å². The molecule has 23 heavy (non-hydrogen) atoms. The molecule has 1 amide bonds. The van der Waals surface area contributed by atoms with Crippen molar-refractivity contribution in [2.75, 3.05) is 0 Å². The Morgan fingerprint density at radius 2 is 2.22 bits per heavy atom. The highest BCUT2D eigenvalue weighted by molar-refractivity contribution is 5.93. The Kier molecular flexibility index (Phi) is 3.33. The lowest BCUT2D eigenvalue weighted by Crippen LogP contribution is -2.31. The lowest BCUT2D eigenvalue weighted by molar-refractivity contribution is 0.0927. The second kappa shape index (κ2) is 5.50. The number of aromatic nitrogens is 2. The largest absolute Gasteiger partial charge is 0.356 e. The molecule has 2 N–H and O–H groups in total. The molecule has 2 aromatic heterocycles. The Morgan fingerprint density at radius 1 is 1.30 bits per heavy atom. The molecule has 0 saturated carbocycles. The number of nitrogens with one attached hydrogen (secondary N) is 2. The third-order valence-corrected chi connectivity index (χ3v) is 4.37. The molecule has 1 aliphatic rings. The van der Waals surface area contributed by atoms with E-state index in [1.165, 1.54) is 6.07 Å². The van der Waals surface area contributed by atoms with E-state index in [0.717, 1.165) is 41.4 Å². The van der Waals surface area contributed by atoms with Crippen LogP contribution in [0.25, 0.3) is 10.9 Å². The Hall–Kier alpha value is -2.69. The zero-order valence-electron chi connectivity index (χ0n) is 12.5. The number of fused-ring (bicyclic) bond motifs is 3. The normalized spacial score (nSPS) is 17.0. The number of carbonyl (C=O) groups is 1. The highest BCUT2D eigenvalue weighted by Gasteiger charge is 2.26. The van der Waals surface area contributed by atoms with Gasteiger partial charge in [0.15, 0.2) is 0 Å². The van der Waals surface area contributed by atoms with Gasteiger partial charge in [-0.2, -0.15) is 0 Å². The van der Waals surface area contributed by atoms with Gasteiger partial charge in [0, 0.05) is 22.8 Å². The molecule has 1 aromatic carbocycles. The molecular formula is C18H16FN3O. The van der Waals surface area contributed by atoms with E-state index in [9.17, 15) is 9.18 Å². The van der Waals surface area contributed by atoms with Crippen LogP contribution in [-0.2, 0) is 6.42 Å². The van der Waals surface area contributed by atoms with E-state index in [1.807, 2.05) is 0 Å². The van der Waals surface area contributed by atoms with Gasteiger partial charge in [-0.15, -0.1) is 0 Å². The van der Waals surface area contributed by atoms with Crippen LogP contribution in [0.5, 0.6) is 0 Å². The van der Waals surface area contributed by atoms with Gasteiger partial charge < -0.3 is 10.3 Å². The number of nitrogens with zero attached hydrogens (tertiary/aromatic N) is 1. The number of aryl methyl sites for hydroxylation is 1. The minimum atomic E-state index is -0.237. The van der Waals surface area contributed by atoms with Crippen molar-refractivity contribution in [1.82, 2.24) is 15.3 Å². The highest BCUT2D eigenvalue weighted by Crippen LogP contribution is 2.35. The summed E-state index contributed by atoms with van der Waals surface area (Å²) in [5, 5.41) is 3.95. The average molecular weight is 309 g/mol. The first-order valence-electron chi connectivity index (χ1n) is 7.74. The predicted molar refractivity (Wildman–Crippen MR) is 85.6 cm³/mol. The molecule has 4 nitrogen and oxygen atoms in total. The summed E-state index contributed by atoms with van der Waals surface area (Å²) < 4.78 is 13.5. The summed E-state index contributed by atoms with van der Waals surface area (Å²) in [4.78, 5) is 19.8. The van der Waals surface area contributed by atoms with Crippen LogP contribution < -0.4 is 5.32 Å². The van der Waals surface area contributed by atoms with Gasteiger partial charge in [0.25, 0.3) is 5.91 Å². The zero-order chi connectivity index (χ0) is 15.8. The molecule has 2 heterocycles. The predicted octanol–water partition coefficient (Wildman–Crippen LogP) is 3.51. The topological polar surface area (TPSA) is 57.8 Å². The number of pyridine rings is 1. The van der Waals surface area contributed by atoms with Crippen LogP contribution >= 0.6 is 0 Å². The van der Waals surface area contributed by atoms with E-state index in [2.05, 4.69) is 15.3 Å². The van der Waals surface area contributed by atoms with Gasteiger partial charge >= 0.3 is 0 Å². The second-order valence-corrected chi connectivity index (χ2v) is 5.84. The number of hydrogen-bond donors (Lipinski definition) is 2. The van der Waals surface area contributed by atoms with Crippen molar-refractivity contribution in [2.45, 2.75) is 25.3 Å². The van der Waals surface area contributed by atoms with Crippen LogP contribution in [-0.4, -0.2) is 15.9 Å². The van der Waals surface area contributed by atoms with Crippen molar-refractivity contribution >= 4 is 16.8 Å². The van der Waals surface area contributed by atoms with Crippen LogP contribution in [0.1, 0.15) is 40.6 Å². The van der Waals surface area contributed by atoms with Gasteiger partial charge in [0.05, 0.1) is 6.04 Å². The Bertz CT molecular complexity index is 873. The van der Waals surface area contributed by atoms with E-state index < -0.39 is 0 Å². The molecular weight excluding hydrogens is 293 g/mol. The molecule has 1 atom stereocenters. The third-order valence-electron chi connectivity index (χ3n) is 4.37. The molecule has 0 unspecified atom stereocenters. The molecule has 0 aliphatic heterocycles. The van der Waals surface area contributed by atoms with E-state index >= 15 is 0 Å². The Labute approximate surface area is 132 Å². The molecule has 0 spiro atoms. The van der Waals surface area contributed by atoms with Crippen molar-refractivity contribution in [3.63, 3.8) is 0 Å². The van der Waals surface area contributed by atoms with E-state index in [4.69, 9.17) is 0 Å². The maximum absolute atomic E-state index is 13.5. The minimum absolute atomic E-state index is 0.0938. The molecule has 0 saturated heterocycles. The first-order valence-corrected chi connectivity index (χ1v) is 7.74. The fraction of sp³-hybridized carbons (Fsp3) is 0.222. The zero-order valence-corrected chi connectivity index (χ0v) is 12.5. The van der Waals surface area contributed by atoms with Crippen LogP contribution in [0.2, 0.25) is 0 Å². The molecule has 3 aromatic rings. The van der Waals surface area contributed by atoms with E-state index in [0.29, 0.717) is 5.69 Å². The molecule has 0 radical (unpaired) electrons. The van der Waals surface area contributed by atoms with Crippen molar-refractivity contribution < 1.29 is 9.18 Å². The number of H-pyrrole nitrogens is 1. The summed E-state index contributed by atoms with van der Waals surface area (Å²) in [7, 11) is 0. The smallest absolute Gasteiger partial charge is 0.270 e. The van der Waals surface area contributed by atoms with Gasteiger partial charge in [0.2, 0.25) is 0 Å². The number of amides is 1. The Balaban J connectivity index is 1.68. The number of halogens is 1. The third kappa shape index (κ3) is 2.48. The summed E-state index contributed by atoms with van der Waals surface area (Å²) in [6, 6.07) is 9.94. The number of carbonyl (C=O) groups excluding carboxylic acids is 1. The summed E-state index contributed by atoms with van der Waals surface area (Å²) in [5.41, 5.74) is 3.41. The fourth-order valence-electron chi connectivity index (χ4n) is 3.31. The van der Waals surface area contributed by atoms with Gasteiger partial charge in [-0.05, 0) is 55.2 Å². The van der Waals surface area contributed by atoms with Crippen LogP contribution in [0.15, 0.2) is 42.6 Å². The van der Waals surface area contributed by atoms with Crippen molar-refractivity contribution in [3.8, 4) is 0 Å². The van der Waals surface area contributed by atoms with Gasteiger partial charge in [0.1, 0.15) is 11.5 Å². The molecule has 116 valence electrons. The monoisotopic (exact) mass is 309 g/mol. The van der Waals surface area contributed by atoms with Crippen molar-refractivity contribution in [1.29, 1.82) is 0 Å². The first kappa shape index (κ1) is 13.9. The maximum Gasteiger partial charge on any atom is 0.270 e. The minimum Gasteiger partial charge on any atom is -0.356 e. The molecule has 0 bridgehead atoms. The number of hydrogen-bond acceptors (Lipinski definition) is 2. The maximum atomic E-state index is 13.5. The van der Waals surface area contributed by atoms with Crippen LogP contribution in [0, 0.1) is 5.82 Å². The van der Waals surface area contributed by atoms with Crippen LogP contribution in [0.3, 0.4) is 0 Å². The molecule has 4 rings (SSSR count). The van der Waals surface area contributed by atoms with E-state index in [1.54, 1.807) is 36.5 Å². The number of rotatable bonds is 2. The lowest BCUT2D eigenvalue weighted by atomic mass is 9.91. The number of aromatic amines is 1. The molecule has 1 aliphatic carbocycles. The standard InChI is InChI=1S/C18H16FN3O/c19-11-7-8-14-13(10-11)12-4-3-6-15(17(12)21-14)22-18(23)16-5-1-2-9-20-16/h1-2,5,7-10,15,21H,3-4,6H2,(H,22,23)/t15-/m1/s1. The number of benzene rings is 1. The van der Waals surface area contributed by atoms with Crippen molar-refractivity contribution in [2.24, 2.45) is 0 Å². The van der Waals surface area contributed by atoms with Gasteiger partial charge in [-0.3, -0.25) is 9.78 Å². The summed E-state index contributed by atoms with van der Waals surface area (Å²) in [6.45, 7) is 0. The SMILES string of the molecule is O=C(N[C@@H]1CCCc2c1[nH]c1ccc(F)cc21)c1ccccn1. The molecule has 0 fully saturated rings. The summed E-state index contributed by atoms with van der Waals surface area (Å²) in [5.74, 6) is -0.424. The summed E-state index contributed by atoms with van der Waals surface area (Å²) >= 11 is 0. The van der Waals surface area contributed by atoms with Crippen molar-refractivity contribution in [3.05, 3.63) is 65.4 Å². The highest BCUT2D eigenvalue weighted by atomic mass is 19.1.